The second kappa shape index (κ2) is 8.67. The molecule has 7 heteroatoms. The number of anilines is 1. The van der Waals surface area contributed by atoms with Gasteiger partial charge in [0, 0.05) is 36.5 Å². The minimum Gasteiger partial charge on any atom is -0.489 e. The van der Waals surface area contributed by atoms with Crippen molar-refractivity contribution in [3.8, 4) is 5.75 Å². The predicted molar refractivity (Wildman–Crippen MR) is 118 cm³/mol. The molecule has 3 heterocycles. The molecule has 0 spiro atoms. The van der Waals surface area contributed by atoms with Crippen LogP contribution in [0.1, 0.15) is 32.2 Å². The lowest BCUT2D eigenvalue weighted by atomic mass is 10.1. The van der Waals surface area contributed by atoms with E-state index in [0.717, 1.165) is 40.1 Å². The summed E-state index contributed by atoms with van der Waals surface area (Å²) >= 11 is 0. The van der Waals surface area contributed by atoms with Gasteiger partial charge < -0.3 is 19.8 Å². The van der Waals surface area contributed by atoms with Crippen LogP contribution in [0.25, 0.3) is 21.9 Å². The van der Waals surface area contributed by atoms with Crippen molar-refractivity contribution in [3.63, 3.8) is 0 Å². The highest BCUT2D eigenvalue weighted by atomic mass is 16.5. The highest BCUT2D eigenvalue weighted by molar-refractivity contribution is 6.07. The number of nitrogens with zero attached hydrogens (tertiary/aromatic N) is 4. The van der Waals surface area contributed by atoms with Crippen LogP contribution >= 0.6 is 0 Å². The van der Waals surface area contributed by atoms with E-state index >= 15 is 0 Å². The first-order chi connectivity index (χ1) is 14.6. The summed E-state index contributed by atoms with van der Waals surface area (Å²) in [4.78, 5) is 13.5. The molecule has 30 heavy (non-hydrogen) atoms. The smallest absolute Gasteiger partial charge is 0.152 e. The fourth-order valence-corrected chi connectivity index (χ4v) is 3.54. The first kappa shape index (κ1) is 20.1. The van der Waals surface area contributed by atoms with Gasteiger partial charge in [0.1, 0.15) is 30.3 Å². The number of benzene rings is 1. The van der Waals surface area contributed by atoms with Crippen LogP contribution in [-0.2, 0) is 24.5 Å². The van der Waals surface area contributed by atoms with Crippen molar-refractivity contribution >= 4 is 27.8 Å². The zero-order chi connectivity index (χ0) is 21.1. The Labute approximate surface area is 175 Å². The molecule has 3 aromatic heterocycles. The maximum atomic E-state index is 6.27. The zero-order valence-corrected chi connectivity index (χ0v) is 17.6. The standard InChI is InChI=1S/C23H27N5O2/c1-4-29-14-20-27-21-22(28(20)12-15(2)3)18-10-17(7-8-19(18)26-23(21)24)30-13-16-6-5-9-25-11-16/h5-11,15H,4,12-14H2,1-3H3,(H2,24,26). The molecule has 4 rings (SSSR count). The fraction of sp³-hybridized carbons (Fsp3) is 0.348. The lowest BCUT2D eigenvalue weighted by molar-refractivity contribution is 0.125. The first-order valence-electron chi connectivity index (χ1n) is 10.2. The molecule has 0 atom stereocenters. The molecular formula is C23H27N5O2. The summed E-state index contributed by atoms with van der Waals surface area (Å²) in [6.07, 6.45) is 3.56. The van der Waals surface area contributed by atoms with Gasteiger partial charge in [0.15, 0.2) is 5.82 Å². The summed E-state index contributed by atoms with van der Waals surface area (Å²) in [5.74, 6) is 2.50. The van der Waals surface area contributed by atoms with Crippen LogP contribution in [0.4, 0.5) is 5.82 Å². The molecule has 0 aliphatic carbocycles. The Morgan fingerprint density at radius 3 is 2.73 bits per heavy atom. The topological polar surface area (TPSA) is 88.1 Å². The summed E-state index contributed by atoms with van der Waals surface area (Å²) < 4.78 is 13.9. The molecule has 0 saturated heterocycles. The van der Waals surface area contributed by atoms with Gasteiger partial charge in [0.25, 0.3) is 0 Å². The number of rotatable bonds is 8. The molecule has 0 amide bonds. The maximum Gasteiger partial charge on any atom is 0.152 e. The predicted octanol–water partition coefficient (Wildman–Crippen LogP) is 4.33. The maximum absolute atomic E-state index is 6.27. The quantitative estimate of drug-likeness (QED) is 0.469. The van der Waals surface area contributed by atoms with Gasteiger partial charge in [-0.25, -0.2) is 9.97 Å². The molecule has 0 fully saturated rings. The second-order valence-electron chi connectivity index (χ2n) is 7.69. The minimum absolute atomic E-state index is 0.432. The minimum atomic E-state index is 0.432. The summed E-state index contributed by atoms with van der Waals surface area (Å²) in [5, 5.41) is 0.971. The number of aromatic nitrogens is 4. The SMILES string of the molecule is CCOCc1nc2c(N)nc3ccc(OCc4cccnc4)cc3c2n1CC(C)C. The molecular weight excluding hydrogens is 378 g/mol. The normalized spacial score (nSPS) is 11.6. The van der Waals surface area contributed by atoms with Gasteiger partial charge in [0.2, 0.25) is 0 Å². The van der Waals surface area contributed by atoms with E-state index in [2.05, 4.69) is 28.4 Å². The Kier molecular flexibility index (Phi) is 5.81. The van der Waals surface area contributed by atoms with Gasteiger partial charge in [-0.2, -0.15) is 0 Å². The zero-order valence-electron chi connectivity index (χ0n) is 17.6. The van der Waals surface area contributed by atoms with Crippen LogP contribution in [0.15, 0.2) is 42.7 Å². The Hall–Kier alpha value is -3.19. The molecule has 4 aromatic rings. The van der Waals surface area contributed by atoms with Crippen LogP contribution in [-0.4, -0.2) is 26.1 Å². The Morgan fingerprint density at radius 1 is 1.13 bits per heavy atom. The van der Waals surface area contributed by atoms with Crippen LogP contribution < -0.4 is 10.5 Å². The van der Waals surface area contributed by atoms with E-state index in [4.69, 9.17) is 20.2 Å². The highest BCUT2D eigenvalue weighted by Crippen LogP contribution is 2.32. The van der Waals surface area contributed by atoms with Crippen LogP contribution in [0.3, 0.4) is 0 Å². The van der Waals surface area contributed by atoms with E-state index < -0.39 is 0 Å². The van der Waals surface area contributed by atoms with Crippen LogP contribution in [0.2, 0.25) is 0 Å². The molecule has 7 nitrogen and oxygen atoms in total. The van der Waals surface area contributed by atoms with Crippen molar-refractivity contribution in [1.82, 2.24) is 19.5 Å². The van der Waals surface area contributed by atoms with E-state index in [1.165, 1.54) is 0 Å². The van der Waals surface area contributed by atoms with Crippen molar-refractivity contribution in [2.75, 3.05) is 12.3 Å². The third-order valence-electron chi connectivity index (χ3n) is 4.86. The summed E-state index contributed by atoms with van der Waals surface area (Å²) in [7, 11) is 0. The van der Waals surface area contributed by atoms with Crippen molar-refractivity contribution in [1.29, 1.82) is 0 Å². The largest absolute Gasteiger partial charge is 0.489 e. The molecule has 2 N–H and O–H groups in total. The number of ether oxygens (including phenoxy) is 2. The van der Waals surface area contributed by atoms with Crippen LogP contribution in [0, 0.1) is 5.92 Å². The monoisotopic (exact) mass is 405 g/mol. The third-order valence-corrected chi connectivity index (χ3v) is 4.86. The number of nitrogen functional groups attached to an aromatic ring is 1. The molecule has 0 radical (unpaired) electrons. The molecule has 0 aliphatic heterocycles. The Morgan fingerprint density at radius 2 is 2.00 bits per heavy atom. The summed E-state index contributed by atoms with van der Waals surface area (Å²) in [6.45, 7) is 8.69. The van der Waals surface area contributed by atoms with Gasteiger partial charge in [-0.1, -0.05) is 19.9 Å². The molecule has 0 aliphatic rings. The van der Waals surface area contributed by atoms with Gasteiger partial charge in [0.05, 0.1) is 11.0 Å². The lowest BCUT2D eigenvalue weighted by Crippen LogP contribution is -2.10. The van der Waals surface area contributed by atoms with Crippen molar-refractivity contribution in [3.05, 3.63) is 54.1 Å². The Bertz CT molecular complexity index is 1150. The number of imidazole rings is 1. The van der Waals surface area contributed by atoms with Crippen molar-refractivity contribution in [2.45, 2.75) is 40.5 Å². The highest BCUT2D eigenvalue weighted by Gasteiger charge is 2.18. The number of hydrogen-bond donors (Lipinski definition) is 1. The van der Waals surface area contributed by atoms with E-state index in [1.807, 2.05) is 37.3 Å². The average Bonchev–Trinajstić information content (AvgIpc) is 3.10. The number of pyridine rings is 2. The number of fused-ring (bicyclic) bond motifs is 3. The molecule has 0 unspecified atom stereocenters. The summed E-state index contributed by atoms with van der Waals surface area (Å²) in [6, 6.07) is 9.77. The van der Waals surface area contributed by atoms with Crippen molar-refractivity contribution in [2.24, 2.45) is 5.92 Å². The van der Waals surface area contributed by atoms with Gasteiger partial charge >= 0.3 is 0 Å². The molecule has 0 bridgehead atoms. The van der Waals surface area contributed by atoms with E-state index in [0.29, 0.717) is 37.1 Å². The van der Waals surface area contributed by atoms with E-state index in [9.17, 15) is 0 Å². The first-order valence-corrected chi connectivity index (χ1v) is 10.2. The third kappa shape index (κ3) is 4.07. The molecule has 156 valence electrons. The van der Waals surface area contributed by atoms with E-state index in [-0.39, 0.29) is 0 Å². The Balaban J connectivity index is 1.81. The number of nitrogens with two attached hydrogens (primary N) is 1. The van der Waals surface area contributed by atoms with Crippen LogP contribution in [0.5, 0.6) is 5.75 Å². The van der Waals surface area contributed by atoms with Gasteiger partial charge in [-0.05, 0) is 37.1 Å². The van der Waals surface area contributed by atoms with Crippen molar-refractivity contribution < 1.29 is 9.47 Å². The van der Waals surface area contributed by atoms with Gasteiger partial charge in [-0.3, -0.25) is 4.98 Å². The molecule has 0 saturated carbocycles. The molecule has 1 aromatic carbocycles. The fourth-order valence-electron chi connectivity index (χ4n) is 3.54. The lowest BCUT2D eigenvalue weighted by Gasteiger charge is -2.14. The number of hydrogen-bond acceptors (Lipinski definition) is 6. The van der Waals surface area contributed by atoms with Gasteiger partial charge in [-0.15, -0.1) is 0 Å². The summed E-state index contributed by atoms with van der Waals surface area (Å²) in [5.41, 5.74) is 9.80. The van der Waals surface area contributed by atoms with E-state index in [1.54, 1.807) is 12.4 Å². The average molecular weight is 406 g/mol. The second-order valence-corrected chi connectivity index (χ2v) is 7.69.